The van der Waals surface area contributed by atoms with Crippen molar-refractivity contribution in [2.24, 2.45) is 5.92 Å². The molecule has 2 nitrogen and oxygen atoms in total. The molecule has 3 heteroatoms. The van der Waals surface area contributed by atoms with Crippen molar-refractivity contribution < 1.29 is 9.47 Å². The Morgan fingerprint density at radius 2 is 2.25 bits per heavy atom. The van der Waals surface area contributed by atoms with Gasteiger partial charge in [-0.05, 0) is 42.5 Å². The van der Waals surface area contributed by atoms with Crippen LogP contribution in [0.4, 0.5) is 0 Å². The van der Waals surface area contributed by atoms with Crippen LogP contribution in [-0.2, 0) is 4.74 Å². The van der Waals surface area contributed by atoms with Crippen LogP contribution < -0.4 is 4.74 Å². The van der Waals surface area contributed by atoms with Gasteiger partial charge in [0.1, 0.15) is 5.75 Å². The molecule has 0 atom stereocenters. The van der Waals surface area contributed by atoms with Crippen LogP contribution in [-0.4, -0.2) is 13.7 Å². The van der Waals surface area contributed by atoms with E-state index in [0.717, 1.165) is 23.8 Å². The van der Waals surface area contributed by atoms with Gasteiger partial charge in [0.2, 0.25) is 0 Å². The van der Waals surface area contributed by atoms with Gasteiger partial charge >= 0.3 is 0 Å². The highest BCUT2D eigenvalue weighted by Crippen LogP contribution is 2.32. The molecule has 1 aliphatic rings. The molecule has 0 amide bonds. The van der Waals surface area contributed by atoms with E-state index in [-0.39, 0.29) is 0 Å². The van der Waals surface area contributed by atoms with E-state index in [0.29, 0.717) is 5.02 Å². The summed E-state index contributed by atoms with van der Waals surface area (Å²) >= 11 is 6.11. The zero-order valence-electron chi connectivity index (χ0n) is 9.28. The van der Waals surface area contributed by atoms with E-state index in [4.69, 9.17) is 21.1 Å². The highest BCUT2D eigenvalue weighted by molar-refractivity contribution is 6.32. The van der Waals surface area contributed by atoms with E-state index in [1.54, 1.807) is 13.4 Å². The number of benzene rings is 1. The normalized spacial score (nSPS) is 15.4. The molecule has 0 aliphatic heterocycles. The van der Waals surface area contributed by atoms with E-state index in [9.17, 15) is 0 Å². The van der Waals surface area contributed by atoms with Crippen molar-refractivity contribution in [2.75, 3.05) is 13.7 Å². The van der Waals surface area contributed by atoms with Crippen molar-refractivity contribution in [3.8, 4) is 5.75 Å². The minimum Gasteiger partial charge on any atom is -0.504 e. The quantitative estimate of drug-likeness (QED) is 0.728. The molecule has 1 aromatic rings. The number of methoxy groups -OCH3 is 1. The van der Waals surface area contributed by atoms with E-state index >= 15 is 0 Å². The second kappa shape index (κ2) is 5.26. The molecule has 0 bridgehead atoms. The maximum Gasteiger partial charge on any atom is 0.137 e. The summed E-state index contributed by atoms with van der Waals surface area (Å²) in [6.45, 7) is 0.785. The Morgan fingerprint density at radius 3 is 2.88 bits per heavy atom. The topological polar surface area (TPSA) is 18.5 Å². The van der Waals surface area contributed by atoms with Gasteiger partial charge < -0.3 is 9.47 Å². The third-order valence-electron chi connectivity index (χ3n) is 2.52. The summed E-state index contributed by atoms with van der Waals surface area (Å²) < 4.78 is 10.5. The van der Waals surface area contributed by atoms with Gasteiger partial charge in [0.25, 0.3) is 0 Å². The third kappa shape index (κ3) is 3.17. The molecule has 1 aromatic carbocycles. The Hall–Kier alpha value is -1.15. The molecule has 0 radical (unpaired) electrons. The summed E-state index contributed by atoms with van der Waals surface area (Å²) in [7, 11) is 1.62. The largest absolute Gasteiger partial charge is 0.504 e. The first kappa shape index (κ1) is 11.3. The first-order valence-corrected chi connectivity index (χ1v) is 5.79. The van der Waals surface area contributed by atoms with Gasteiger partial charge in [0.05, 0.1) is 25.0 Å². The number of halogens is 1. The Labute approximate surface area is 101 Å². The van der Waals surface area contributed by atoms with E-state index in [2.05, 4.69) is 0 Å². The summed E-state index contributed by atoms with van der Waals surface area (Å²) in [6.07, 6.45) is 6.05. The first-order valence-electron chi connectivity index (χ1n) is 5.41. The van der Waals surface area contributed by atoms with Crippen LogP contribution in [0.3, 0.4) is 0 Å². The van der Waals surface area contributed by atoms with Gasteiger partial charge in [-0.3, -0.25) is 0 Å². The predicted octanol–water partition coefficient (Wildman–Crippen LogP) is 3.75. The summed E-state index contributed by atoms with van der Waals surface area (Å²) in [5, 5.41) is 0.652. The molecular weight excluding hydrogens is 224 g/mol. The number of rotatable bonds is 5. The lowest BCUT2D eigenvalue weighted by Gasteiger charge is -2.07. The second-order valence-electron chi connectivity index (χ2n) is 3.98. The van der Waals surface area contributed by atoms with Crippen LogP contribution in [0.15, 0.2) is 24.5 Å². The van der Waals surface area contributed by atoms with E-state index < -0.39 is 0 Å². The third-order valence-corrected chi connectivity index (χ3v) is 2.82. The fraction of sp³-hybridized carbons (Fsp3) is 0.385. The molecule has 0 unspecified atom stereocenters. The average Bonchev–Trinajstić information content (AvgIpc) is 3.09. The minimum atomic E-state index is 0.652. The smallest absolute Gasteiger partial charge is 0.137 e. The van der Waals surface area contributed by atoms with Gasteiger partial charge in [-0.25, -0.2) is 0 Å². The highest BCUT2D eigenvalue weighted by atomic mass is 35.5. The molecule has 2 rings (SSSR count). The average molecular weight is 239 g/mol. The van der Waals surface area contributed by atoms with Gasteiger partial charge in [0, 0.05) is 0 Å². The van der Waals surface area contributed by atoms with Crippen molar-refractivity contribution in [3.63, 3.8) is 0 Å². The van der Waals surface area contributed by atoms with Gasteiger partial charge in [-0.2, -0.15) is 0 Å². The summed E-state index contributed by atoms with van der Waals surface area (Å²) in [4.78, 5) is 0. The number of ether oxygens (including phenoxy) is 2. The molecule has 1 saturated carbocycles. The lowest BCUT2D eigenvalue weighted by Crippen LogP contribution is -1.99. The van der Waals surface area contributed by atoms with Crippen molar-refractivity contribution in [2.45, 2.75) is 12.8 Å². The Balaban J connectivity index is 2.00. The van der Waals surface area contributed by atoms with Crippen molar-refractivity contribution in [1.29, 1.82) is 0 Å². The van der Waals surface area contributed by atoms with E-state index in [1.807, 2.05) is 24.3 Å². The lowest BCUT2D eigenvalue weighted by molar-refractivity contribution is 0.300. The summed E-state index contributed by atoms with van der Waals surface area (Å²) in [6, 6.07) is 5.74. The van der Waals surface area contributed by atoms with Crippen LogP contribution in [0.2, 0.25) is 5.02 Å². The fourth-order valence-electron chi connectivity index (χ4n) is 1.38. The van der Waals surface area contributed by atoms with Crippen molar-refractivity contribution in [3.05, 3.63) is 35.0 Å². The highest BCUT2D eigenvalue weighted by Gasteiger charge is 2.22. The molecule has 16 heavy (non-hydrogen) atoms. The lowest BCUT2D eigenvalue weighted by atomic mass is 10.2. The first-order chi connectivity index (χ1) is 7.79. The molecule has 1 aliphatic carbocycles. The van der Waals surface area contributed by atoms with Gasteiger partial charge in [-0.15, -0.1) is 0 Å². The van der Waals surface area contributed by atoms with Crippen LogP contribution >= 0.6 is 11.6 Å². The fourth-order valence-corrected chi connectivity index (χ4v) is 1.62. The number of hydrogen-bond acceptors (Lipinski definition) is 2. The summed E-state index contributed by atoms with van der Waals surface area (Å²) in [5.41, 5.74) is 1.01. The van der Waals surface area contributed by atoms with Gasteiger partial charge in [0.15, 0.2) is 0 Å². The van der Waals surface area contributed by atoms with Crippen LogP contribution in [0, 0.1) is 5.92 Å². The molecule has 0 N–H and O–H groups in total. The molecular formula is C13H15ClO2. The molecule has 1 fully saturated rings. The van der Waals surface area contributed by atoms with Crippen molar-refractivity contribution in [1.82, 2.24) is 0 Å². The number of hydrogen-bond donors (Lipinski definition) is 0. The Bertz CT molecular complexity index is 384. The Kier molecular flexibility index (Phi) is 3.73. The SMILES string of the molecule is CO/C=C/c1ccc(OCC2CC2)c(Cl)c1. The van der Waals surface area contributed by atoms with Crippen molar-refractivity contribution >= 4 is 17.7 Å². The molecule has 0 saturated heterocycles. The molecule has 0 spiro atoms. The van der Waals surface area contributed by atoms with Gasteiger partial charge in [-0.1, -0.05) is 17.7 Å². The maximum atomic E-state index is 6.11. The predicted molar refractivity (Wildman–Crippen MR) is 65.7 cm³/mol. The molecule has 0 heterocycles. The summed E-state index contributed by atoms with van der Waals surface area (Å²) in [5.74, 6) is 1.51. The standard InChI is InChI=1S/C13H15ClO2/c1-15-7-6-10-4-5-13(12(14)8-10)16-9-11-2-3-11/h4-8,11H,2-3,9H2,1H3/b7-6+. The maximum absolute atomic E-state index is 6.11. The molecule has 86 valence electrons. The van der Waals surface area contributed by atoms with Crippen LogP contribution in [0.1, 0.15) is 18.4 Å². The zero-order valence-corrected chi connectivity index (χ0v) is 10.0. The second-order valence-corrected chi connectivity index (χ2v) is 4.39. The monoisotopic (exact) mass is 238 g/mol. The van der Waals surface area contributed by atoms with Crippen LogP contribution in [0.25, 0.3) is 6.08 Å². The molecule has 0 aromatic heterocycles. The van der Waals surface area contributed by atoms with E-state index in [1.165, 1.54) is 12.8 Å². The van der Waals surface area contributed by atoms with Crippen LogP contribution in [0.5, 0.6) is 5.75 Å². The minimum absolute atomic E-state index is 0.652. The zero-order chi connectivity index (χ0) is 11.4. The Morgan fingerprint density at radius 1 is 1.44 bits per heavy atom.